The molecule has 0 amide bonds. The Morgan fingerprint density at radius 3 is 2.81 bits per heavy atom. The Balaban J connectivity index is 2.09. The van der Waals surface area contributed by atoms with Crippen molar-refractivity contribution in [2.75, 3.05) is 7.11 Å². The largest absolute Gasteiger partial charge is 0.495 e. The van der Waals surface area contributed by atoms with Crippen LogP contribution in [-0.4, -0.2) is 27.6 Å². The molecular formula is C14H11ClN2O3S. The number of nitrogens with zero attached hydrogens (tertiary/aromatic N) is 2. The highest BCUT2D eigenvalue weighted by molar-refractivity contribution is 7.19. The van der Waals surface area contributed by atoms with E-state index < -0.39 is 5.97 Å². The highest BCUT2D eigenvalue weighted by atomic mass is 35.5. The number of hydrogen-bond donors (Lipinski definition) is 1. The number of carbonyl (C=O) groups is 1. The fourth-order valence-electron chi connectivity index (χ4n) is 2.11. The normalized spacial score (nSPS) is 11.0. The van der Waals surface area contributed by atoms with Gasteiger partial charge in [0, 0.05) is 17.5 Å². The van der Waals surface area contributed by atoms with Gasteiger partial charge in [-0.05, 0) is 25.1 Å². The van der Waals surface area contributed by atoms with Gasteiger partial charge in [0.25, 0.3) is 0 Å². The molecule has 0 saturated carbocycles. The molecule has 0 fully saturated rings. The summed E-state index contributed by atoms with van der Waals surface area (Å²) in [6, 6.07) is 5.42. The lowest BCUT2D eigenvalue weighted by molar-refractivity contribution is 0.0701. The van der Waals surface area contributed by atoms with Crippen LogP contribution in [0.1, 0.15) is 15.4 Å². The van der Waals surface area contributed by atoms with E-state index in [1.165, 1.54) is 0 Å². The van der Waals surface area contributed by atoms with Crippen molar-refractivity contribution in [3.63, 3.8) is 0 Å². The van der Waals surface area contributed by atoms with Gasteiger partial charge >= 0.3 is 5.97 Å². The van der Waals surface area contributed by atoms with Crippen LogP contribution in [0.2, 0.25) is 5.02 Å². The smallest absolute Gasteiger partial charge is 0.347 e. The summed E-state index contributed by atoms with van der Waals surface area (Å²) in [5, 5.41) is 9.61. The van der Waals surface area contributed by atoms with Crippen LogP contribution in [0.5, 0.6) is 5.75 Å². The van der Waals surface area contributed by atoms with E-state index >= 15 is 0 Å². The van der Waals surface area contributed by atoms with E-state index in [0.29, 0.717) is 26.3 Å². The maximum atomic E-state index is 11.1. The van der Waals surface area contributed by atoms with Crippen LogP contribution in [0, 0.1) is 6.92 Å². The van der Waals surface area contributed by atoms with Crippen molar-refractivity contribution in [2.24, 2.45) is 0 Å². The first-order chi connectivity index (χ1) is 10.0. The molecule has 3 aromatic rings. The number of aromatic nitrogens is 2. The highest BCUT2D eigenvalue weighted by Crippen LogP contribution is 2.31. The van der Waals surface area contributed by atoms with Gasteiger partial charge in [-0.3, -0.25) is 4.40 Å². The zero-order valence-corrected chi connectivity index (χ0v) is 12.8. The van der Waals surface area contributed by atoms with Crippen molar-refractivity contribution >= 4 is 33.9 Å². The Bertz CT molecular complexity index is 853. The van der Waals surface area contributed by atoms with Crippen LogP contribution in [0.25, 0.3) is 16.2 Å². The number of carboxylic acids is 1. The summed E-state index contributed by atoms with van der Waals surface area (Å²) in [7, 11) is 1.56. The molecule has 2 heterocycles. The topological polar surface area (TPSA) is 63.8 Å². The number of carboxylic acid groups (broad SMARTS) is 1. The summed E-state index contributed by atoms with van der Waals surface area (Å²) in [4.78, 5) is 16.5. The molecule has 0 aliphatic carbocycles. The third-order valence-electron chi connectivity index (χ3n) is 3.20. The number of halogens is 1. The molecule has 7 heteroatoms. The molecule has 2 aromatic heterocycles. The molecule has 0 saturated heterocycles. The first-order valence-corrected chi connectivity index (χ1v) is 7.26. The lowest BCUT2D eigenvalue weighted by Gasteiger charge is -2.03. The van der Waals surface area contributed by atoms with Crippen molar-refractivity contribution in [2.45, 2.75) is 6.92 Å². The number of benzene rings is 1. The Hall–Kier alpha value is -2.05. The Morgan fingerprint density at radius 1 is 1.48 bits per heavy atom. The fraction of sp³-hybridized carbons (Fsp3) is 0.143. The SMILES string of the molecule is COc1ccc(-c2cn3c(C)c(C(=O)O)sc3n2)cc1Cl. The summed E-state index contributed by atoms with van der Waals surface area (Å²) in [6.45, 7) is 1.76. The maximum Gasteiger partial charge on any atom is 0.347 e. The van der Waals surface area contributed by atoms with E-state index in [4.69, 9.17) is 21.4 Å². The molecular weight excluding hydrogens is 312 g/mol. The number of aryl methyl sites for hydroxylation is 1. The Morgan fingerprint density at radius 2 is 2.24 bits per heavy atom. The minimum atomic E-state index is -0.933. The van der Waals surface area contributed by atoms with Crippen LogP contribution in [0.3, 0.4) is 0 Å². The van der Waals surface area contributed by atoms with Crippen LogP contribution in [-0.2, 0) is 0 Å². The van der Waals surface area contributed by atoms with E-state index in [2.05, 4.69) is 4.98 Å². The quantitative estimate of drug-likeness (QED) is 0.798. The van der Waals surface area contributed by atoms with Gasteiger partial charge in [-0.2, -0.15) is 0 Å². The number of hydrogen-bond acceptors (Lipinski definition) is 4. The van der Waals surface area contributed by atoms with E-state index in [-0.39, 0.29) is 0 Å². The zero-order valence-electron chi connectivity index (χ0n) is 11.3. The summed E-state index contributed by atoms with van der Waals surface area (Å²) >= 11 is 7.27. The second-order valence-corrected chi connectivity index (χ2v) is 5.83. The molecule has 0 atom stereocenters. The highest BCUT2D eigenvalue weighted by Gasteiger charge is 2.17. The number of fused-ring (bicyclic) bond motifs is 1. The van der Waals surface area contributed by atoms with E-state index in [1.54, 1.807) is 30.6 Å². The molecule has 0 radical (unpaired) electrons. The summed E-state index contributed by atoms with van der Waals surface area (Å²) in [5.74, 6) is -0.331. The van der Waals surface area contributed by atoms with Crippen LogP contribution >= 0.6 is 22.9 Å². The zero-order chi connectivity index (χ0) is 15.1. The molecule has 0 spiro atoms. The number of imidazole rings is 1. The number of thiazole rings is 1. The second-order valence-electron chi connectivity index (χ2n) is 4.45. The minimum absolute atomic E-state index is 0.303. The van der Waals surface area contributed by atoms with Crippen LogP contribution in [0.15, 0.2) is 24.4 Å². The summed E-state index contributed by atoms with van der Waals surface area (Å²) in [6.07, 6.45) is 1.81. The fourth-order valence-corrected chi connectivity index (χ4v) is 3.32. The average molecular weight is 323 g/mol. The molecule has 5 nitrogen and oxygen atoms in total. The number of rotatable bonds is 3. The molecule has 1 N–H and O–H groups in total. The number of methoxy groups -OCH3 is 1. The van der Waals surface area contributed by atoms with Gasteiger partial charge in [0.1, 0.15) is 10.6 Å². The van der Waals surface area contributed by atoms with Gasteiger partial charge in [-0.25, -0.2) is 9.78 Å². The lowest BCUT2D eigenvalue weighted by Crippen LogP contribution is -1.96. The maximum absolute atomic E-state index is 11.1. The molecule has 0 aliphatic heterocycles. The van der Waals surface area contributed by atoms with Gasteiger partial charge in [-0.15, -0.1) is 0 Å². The first kappa shape index (κ1) is 13.9. The predicted octanol–water partition coefficient (Wildman–Crippen LogP) is 3.73. The Kier molecular flexibility index (Phi) is 3.35. The molecule has 108 valence electrons. The summed E-state index contributed by atoms with van der Waals surface area (Å²) in [5.41, 5.74) is 2.26. The van der Waals surface area contributed by atoms with Crippen LogP contribution in [0.4, 0.5) is 0 Å². The minimum Gasteiger partial charge on any atom is -0.495 e. The molecule has 21 heavy (non-hydrogen) atoms. The molecule has 3 rings (SSSR count). The van der Waals surface area contributed by atoms with Crippen molar-refractivity contribution in [3.05, 3.63) is 40.0 Å². The average Bonchev–Trinajstić information content (AvgIpc) is 2.99. The standard InChI is InChI=1S/C14H11ClN2O3S/c1-7-12(13(18)19)21-14-16-10(6-17(7)14)8-3-4-11(20-2)9(15)5-8/h3-6H,1-2H3,(H,18,19). The van der Waals surface area contributed by atoms with E-state index in [9.17, 15) is 4.79 Å². The molecule has 1 aromatic carbocycles. The van der Waals surface area contributed by atoms with Crippen LogP contribution < -0.4 is 4.74 Å². The monoisotopic (exact) mass is 322 g/mol. The molecule has 0 aliphatic rings. The molecule has 0 bridgehead atoms. The third-order valence-corrected chi connectivity index (χ3v) is 4.64. The predicted molar refractivity (Wildman–Crippen MR) is 81.8 cm³/mol. The number of ether oxygens (including phenoxy) is 1. The van der Waals surface area contributed by atoms with Crippen molar-refractivity contribution < 1.29 is 14.6 Å². The second kappa shape index (κ2) is 5.05. The van der Waals surface area contributed by atoms with Gasteiger partial charge < -0.3 is 9.84 Å². The third kappa shape index (κ3) is 2.26. The van der Waals surface area contributed by atoms with Crippen molar-refractivity contribution in [3.8, 4) is 17.0 Å². The Labute approximate surface area is 129 Å². The van der Waals surface area contributed by atoms with Crippen molar-refractivity contribution in [1.82, 2.24) is 9.38 Å². The molecule has 0 unspecified atom stereocenters. The van der Waals surface area contributed by atoms with Gasteiger partial charge in [0.15, 0.2) is 4.96 Å². The van der Waals surface area contributed by atoms with Gasteiger partial charge in [0.05, 0.1) is 17.8 Å². The van der Waals surface area contributed by atoms with Crippen molar-refractivity contribution in [1.29, 1.82) is 0 Å². The van der Waals surface area contributed by atoms with E-state index in [0.717, 1.165) is 22.6 Å². The van der Waals surface area contributed by atoms with Gasteiger partial charge in [0.2, 0.25) is 0 Å². The number of aromatic carboxylic acids is 1. The first-order valence-electron chi connectivity index (χ1n) is 6.07. The summed E-state index contributed by atoms with van der Waals surface area (Å²) < 4.78 is 6.90. The van der Waals surface area contributed by atoms with E-state index in [1.807, 2.05) is 12.3 Å². The lowest BCUT2D eigenvalue weighted by atomic mass is 10.1. The van der Waals surface area contributed by atoms with Gasteiger partial charge in [-0.1, -0.05) is 22.9 Å².